The van der Waals surface area contributed by atoms with Gasteiger partial charge in [-0.3, -0.25) is 9.59 Å². The maximum Gasteiger partial charge on any atom is 0.265 e. The van der Waals surface area contributed by atoms with E-state index in [-0.39, 0.29) is 23.8 Å². The standard InChI is InChI=1S/C17H23N3O3/c1-3-14-17(22)20-13-5-4-11(8-15(13)23-14)10(2)19-16(21)12-6-7-18-9-12/h4-5,8,10,12,14,18H,3,6-7,9H2,1-2H3,(H,19,21)(H,20,22). The molecule has 3 rings (SSSR count). The first-order valence-corrected chi connectivity index (χ1v) is 8.21. The summed E-state index contributed by atoms with van der Waals surface area (Å²) in [5, 5.41) is 9.11. The highest BCUT2D eigenvalue weighted by Crippen LogP contribution is 2.33. The monoisotopic (exact) mass is 317 g/mol. The molecule has 2 heterocycles. The van der Waals surface area contributed by atoms with Crippen LogP contribution in [0.5, 0.6) is 5.75 Å². The average Bonchev–Trinajstić information content (AvgIpc) is 3.08. The Kier molecular flexibility index (Phi) is 4.52. The molecule has 0 bridgehead atoms. The van der Waals surface area contributed by atoms with E-state index < -0.39 is 6.10 Å². The third-order valence-electron chi connectivity index (χ3n) is 4.49. The molecule has 1 saturated heterocycles. The van der Waals surface area contributed by atoms with Gasteiger partial charge in [0.1, 0.15) is 5.75 Å². The van der Waals surface area contributed by atoms with E-state index in [1.807, 2.05) is 32.0 Å². The van der Waals surface area contributed by atoms with E-state index >= 15 is 0 Å². The lowest BCUT2D eigenvalue weighted by Crippen LogP contribution is -2.36. The number of rotatable bonds is 4. The molecular formula is C17H23N3O3. The van der Waals surface area contributed by atoms with Crippen molar-refractivity contribution in [3.05, 3.63) is 23.8 Å². The normalized spacial score (nSPS) is 24.3. The SMILES string of the molecule is CCC1Oc2cc(C(C)NC(=O)C3CCNC3)ccc2NC1=O. The van der Waals surface area contributed by atoms with E-state index in [4.69, 9.17) is 4.74 Å². The van der Waals surface area contributed by atoms with Crippen LogP contribution in [0, 0.1) is 5.92 Å². The first kappa shape index (κ1) is 15.8. The van der Waals surface area contributed by atoms with Gasteiger partial charge in [0.15, 0.2) is 6.10 Å². The van der Waals surface area contributed by atoms with Crippen LogP contribution in [-0.2, 0) is 9.59 Å². The largest absolute Gasteiger partial charge is 0.478 e. The third-order valence-corrected chi connectivity index (χ3v) is 4.49. The fourth-order valence-corrected chi connectivity index (χ4v) is 2.99. The van der Waals surface area contributed by atoms with Crippen molar-refractivity contribution in [2.45, 2.75) is 38.8 Å². The van der Waals surface area contributed by atoms with E-state index in [2.05, 4.69) is 16.0 Å². The van der Waals surface area contributed by atoms with Gasteiger partial charge >= 0.3 is 0 Å². The molecule has 124 valence electrons. The maximum atomic E-state index is 12.2. The molecule has 6 nitrogen and oxygen atoms in total. The number of carbonyl (C=O) groups excluding carboxylic acids is 2. The van der Waals surface area contributed by atoms with Gasteiger partial charge in [-0.25, -0.2) is 0 Å². The van der Waals surface area contributed by atoms with Crippen LogP contribution in [-0.4, -0.2) is 31.0 Å². The van der Waals surface area contributed by atoms with Gasteiger partial charge in [-0.05, 0) is 44.0 Å². The molecule has 0 aromatic heterocycles. The summed E-state index contributed by atoms with van der Waals surface area (Å²) in [6.07, 6.45) is 1.05. The quantitative estimate of drug-likeness (QED) is 0.788. The Bertz CT molecular complexity index is 611. The zero-order valence-corrected chi connectivity index (χ0v) is 13.5. The zero-order chi connectivity index (χ0) is 16.4. The highest BCUT2D eigenvalue weighted by Gasteiger charge is 2.27. The van der Waals surface area contributed by atoms with Gasteiger partial charge in [0, 0.05) is 6.54 Å². The number of benzene rings is 1. The van der Waals surface area contributed by atoms with E-state index in [0.717, 1.165) is 25.1 Å². The summed E-state index contributed by atoms with van der Waals surface area (Å²) in [4.78, 5) is 24.0. The fourth-order valence-electron chi connectivity index (χ4n) is 2.99. The van der Waals surface area contributed by atoms with Crippen molar-refractivity contribution in [1.29, 1.82) is 0 Å². The van der Waals surface area contributed by atoms with Gasteiger partial charge in [0.2, 0.25) is 5.91 Å². The smallest absolute Gasteiger partial charge is 0.265 e. The van der Waals surface area contributed by atoms with Gasteiger partial charge < -0.3 is 20.7 Å². The second-order valence-electron chi connectivity index (χ2n) is 6.18. The van der Waals surface area contributed by atoms with Crippen molar-refractivity contribution in [2.24, 2.45) is 5.92 Å². The van der Waals surface area contributed by atoms with Gasteiger partial charge in [-0.1, -0.05) is 13.0 Å². The minimum absolute atomic E-state index is 0.0510. The molecular weight excluding hydrogens is 294 g/mol. The summed E-state index contributed by atoms with van der Waals surface area (Å²) in [5.74, 6) is 0.691. The summed E-state index contributed by atoms with van der Waals surface area (Å²) in [7, 11) is 0. The van der Waals surface area contributed by atoms with Gasteiger partial charge in [0.25, 0.3) is 5.91 Å². The lowest BCUT2D eigenvalue weighted by Gasteiger charge is -2.26. The molecule has 3 unspecified atom stereocenters. The Hall–Kier alpha value is -2.08. The summed E-state index contributed by atoms with van der Waals surface area (Å²) in [6.45, 7) is 5.52. The number of nitrogens with one attached hydrogen (secondary N) is 3. The molecule has 23 heavy (non-hydrogen) atoms. The molecule has 0 radical (unpaired) electrons. The summed E-state index contributed by atoms with van der Waals surface area (Å²) < 4.78 is 5.75. The lowest BCUT2D eigenvalue weighted by molar-refractivity contribution is -0.125. The van der Waals surface area contributed by atoms with Gasteiger partial charge in [0.05, 0.1) is 17.6 Å². The van der Waals surface area contributed by atoms with E-state index in [1.165, 1.54) is 0 Å². The third kappa shape index (κ3) is 3.32. The number of anilines is 1. The van der Waals surface area contributed by atoms with Crippen LogP contribution < -0.4 is 20.7 Å². The van der Waals surface area contributed by atoms with Crippen LogP contribution in [0.4, 0.5) is 5.69 Å². The van der Waals surface area contributed by atoms with Gasteiger partial charge in [-0.15, -0.1) is 0 Å². The molecule has 1 aromatic carbocycles. The predicted octanol–water partition coefficient (Wildman–Crippen LogP) is 1.58. The predicted molar refractivity (Wildman–Crippen MR) is 87.3 cm³/mol. The minimum Gasteiger partial charge on any atom is -0.478 e. The number of ether oxygens (including phenoxy) is 1. The van der Waals surface area contributed by atoms with Crippen LogP contribution in [0.1, 0.15) is 38.3 Å². The number of hydrogen-bond acceptors (Lipinski definition) is 4. The molecule has 2 aliphatic heterocycles. The number of hydrogen-bond donors (Lipinski definition) is 3. The molecule has 2 aliphatic rings. The minimum atomic E-state index is -0.452. The van der Waals surface area contributed by atoms with Gasteiger partial charge in [-0.2, -0.15) is 0 Å². The van der Waals surface area contributed by atoms with Crippen LogP contribution in [0.3, 0.4) is 0 Å². The zero-order valence-electron chi connectivity index (χ0n) is 13.5. The molecule has 0 spiro atoms. The maximum absolute atomic E-state index is 12.2. The van der Waals surface area contributed by atoms with Crippen LogP contribution in [0.15, 0.2) is 18.2 Å². The van der Waals surface area contributed by atoms with Crippen LogP contribution in [0.2, 0.25) is 0 Å². The van der Waals surface area contributed by atoms with E-state index in [0.29, 0.717) is 17.9 Å². The molecule has 0 saturated carbocycles. The number of carbonyl (C=O) groups is 2. The van der Waals surface area contributed by atoms with Crippen molar-refractivity contribution in [2.75, 3.05) is 18.4 Å². The highest BCUT2D eigenvalue weighted by molar-refractivity contribution is 5.97. The fraction of sp³-hybridized carbons (Fsp3) is 0.529. The Morgan fingerprint density at radius 2 is 2.30 bits per heavy atom. The second kappa shape index (κ2) is 6.58. The molecule has 6 heteroatoms. The van der Waals surface area contributed by atoms with Crippen molar-refractivity contribution in [1.82, 2.24) is 10.6 Å². The number of amides is 2. The first-order valence-electron chi connectivity index (χ1n) is 8.21. The van der Waals surface area contributed by atoms with E-state index in [1.54, 1.807) is 0 Å². The topological polar surface area (TPSA) is 79.5 Å². The van der Waals surface area contributed by atoms with E-state index in [9.17, 15) is 9.59 Å². The van der Waals surface area contributed by atoms with Crippen molar-refractivity contribution in [3.8, 4) is 5.75 Å². The Morgan fingerprint density at radius 1 is 1.48 bits per heavy atom. The molecule has 3 N–H and O–H groups in total. The molecule has 1 fully saturated rings. The first-order chi connectivity index (χ1) is 11.1. The molecule has 1 aromatic rings. The summed E-state index contributed by atoms with van der Waals surface area (Å²) >= 11 is 0. The molecule has 3 atom stereocenters. The second-order valence-corrected chi connectivity index (χ2v) is 6.18. The molecule has 0 aliphatic carbocycles. The van der Waals surface area contributed by atoms with Crippen LogP contribution >= 0.6 is 0 Å². The van der Waals surface area contributed by atoms with Crippen LogP contribution in [0.25, 0.3) is 0 Å². The van der Waals surface area contributed by atoms with Crippen molar-refractivity contribution in [3.63, 3.8) is 0 Å². The van der Waals surface area contributed by atoms with Crippen molar-refractivity contribution < 1.29 is 14.3 Å². The Labute approximate surface area is 136 Å². The van der Waals surface area contributed by atoms with Crippen molar-refractivity contribution >= 4 is 17.5 Å². The number of fused-ring (bicyclic) bond motifs is 1. The Morgan fingerprint density at radius 3 is 3.00 bits per heavy atom. The summed E-state index contributed by atoms with van der Waals surface area (Å²) in [6, 6.07) is 5.53. The Balaban J connectivity index is 1.71. The lowest BCUT2D eigenvalue weighted by atomic mass is 10.0. The average molecular weight is 317 g/mol. The summed E-state index contributed by atoms with van der Waals surface area (Å²) in [5.41, 5.74) is 1.65. The molecule has 2 amide bonds. The highest BCUT2D eigenvalue weighted by atomic mass is 16.5.